The Bertz CT molecular complexity index is 60.4. The minimum absolute atomic E-state index is 0. The Hall–Kier alpha value is -0.720. The van der Waals surface area contributed by atoms with Crippen LogP contribution in [-0.4, -0.2) is 4.98 Å². The van der Waals surface area contributed by atoms with Gasteiger partial charge in [-0.15, -0.1) is 0 Å². The monoisotopic (exact) mass is 80.1 g/mol. The van der Waals surface area contributed by atoms with Crippen LogP contribution in [0.4, 0.5) is 0 Å². The first-order valence-corrected chi connectivity index (χ1v) is 1.58. The lowest BCUT2D eigenvalue weighted by atomic mass is 10.7. The van der Waals surface area contributed by atoms with E-state index in [1.54, 1.807) is 0 Å². The Labute approximate surface area is 38.0 Å². The van der Waals surface area contributed by atoms with Gasteiger partial charge in [0, 0.05) is 12.4 Å². The van der Waals surface area contributed by atoms with Crippen LogP contribution in [0, 0.1) is 7.43 Å². The van der Waals surface area contributed by atoms with Crippen molar-refractivity contribution in [1.29, 1.82) is 0 Å². The Morgan fingerprint density at radius 1 is 1.00 bits per heavy atom. The summed E-state index contributed by atoms with van der Waals surface area (Å²) < 4.78 is 0. The lowest BCUT2D eigenvalue weighted by Gasteiger charge is -1.49. The van der Waals surface area contributed by atoms with Gasteiger partial charge in [-0.3, -0.25) is 0 Å². The van der Waals surface area contributed by atoms with Gasteiger partial charge in [0.15, 0.2) is 0 Å². The highest BCUT2D eigenvalue weighted by atomic mass is 14.6. The van der Waals surface area contributed by atoms with Gasteiger partial charge in [0.2, 0.25) is 0 Å². The van der Waals surface area contributed by atoms with Gasteiger partial charge < -0.3 is 4.98 Å². The molecule has 1 N–H and O–H groups in total. The zero-order valence-corrected chi connectivity index (χ0v) is 3.39. The van der Waals surface area contributed by atoms with Crippen LogP contribution >= 0.6 is 0 Å². The lowest BCUT2D eigenvalue weighted by molar-refractivity contribution is 1.42. The fourth-order valence-electron chi connectivity index (χ4n) is 0.278. The van der Waals surface area contributed by atoms with Crippen molar-refractivity contribution in [2.24, 2.45) is 0 Å². The molecule has 0 atom stereocenters. The molecule has 0 spiro atoms. The van der Waals surface area contributed by atoms with E-state index in [-0.39, 0.29) is 7.43 Å². The second kappa shape index (κ2) is 2.51. The van der Waals surface area contributed by atoms with Gasteiger partial charge in [-0.05, 0) is 19.6 Å². The van der Waals surface area contributed by atoms with Crippen molar-refractivity contribution in [3.63, 3.8) is 0 Å². The first kappa shape index (κ1) is 5.28. The molecular weight excluding hydrogens is 74.1 g/mol. The predicted molar refractivity (Wildman–Crippen MR) is 25.1 cm³/mol. The molecule has 1 aromatic rings. The maximum atomic E-state index is 2.86. The maximum Gasteiger partial charge on any atom is 0.000496 e. The molecule has 1 nitrogen and oxygen atoms in total. The van der Waals surface area contributed by atoms with Crippen molar-refractivity contribution < 1.29 is 0 Å². The first-order valence-electron chi connectivity index (χ1n) is 1.58. The molecule has 6 heavy (non-hydrogen) atoms. The molecule has 0 aliphatic rings. The van der Waals surface area contributed by atoms with Gasteiger partial charge in [-0.1, -0.05) is 0 Å². The van der Waals surface area contributed by atoms with Crippen LogP contribution < -0.4 is 0 Å². The highest BCUT2D eigenvalue weighted by Crippen LogP contribution is 1.72. The highest BCUT2D eigenvalue weighted by Gasteiger charge is 1.55. The van der Waals surface area contributed by atoms with Gasteiger partial charge in [0.05, 0.1) is 0 Å². The van der Waals surface area contributed by atoms with E-state index < -0.39 is 0 Å². The zero-order chi connectivity index (χ0) is 3.54. The Morgan fingerprint density at radius 2 is 1.50 bits per heavy atom. The summed E-state index contributed by atoms with van der Waals surface area (Å²) in [5.41, 5.74) is 0. The minimum Gasteiger partial charge on any atom is -0.368 e. The molecule has 31 valence electrons. The van der Waals surface area contributed by atoms with Crippen LogP contribution in [0.2, 0.25) is 0 Å². The number of aromatic nitrogens is 1. The molecule has 0 fully saturated rings. The number of H-pyrrole nitrogens is 1. The Kier molecular flexibility index (Phi) is 2.21. The average molecular weight is 80.1 g/mol. The van der Waals surface area contributed by atoms with Crippen LogP contribution in [0.1, 0.15) is 0 Å². The van der Waals surface area contributed by atoms with E-state index in [2.05, 4.69) is 4.98 Å². The van der Waals surface area contributed by atoms with Crippen LogP contribution in [0.5, 0.6) is 0 Å². The third kappa shape index (κ3) is 0.931. The largest absolute Gasteiger partial charge is 0.368 e. The average Bonchev–Trinajstić information content (AvgIpc) is 1.76. The third-order valence-corrected chi connectivity index (χ3v) is 0.496. The normalized spacial score (nSPS) is 6.67. The second-order valence-electron chi connectivity index (χ2n) is 0.885. The van der Waals surface area contributed by atoms with Crippen LogP contribution in [0.15, 0.2) is 24.5 Å². The van der Waals surface area contributed by atoms with E-state index in [1.165, 1.54) is 0 Å². The molecule has 0 saturated carbocycles. The first-order chi connectivity index (χ1) is 2.50. The number of hydrogen-bond donors (Lipinski definition) is 1. The molecule has 1 heterocycles. The van der Waals surface area contributed by atoms with Crippen LogP contribution in [0.25, 0.3) is 0 Å². The van der Waals surface area contributed by atoms with Gasteiger partial charge in [0.1, 0.15) is 0 Å². The van der Waals surface area contributed by atoms with E-state index >= 15 is 0 Å². The summed E-state index contributed by atoms with van der Waals surface area (Å²) >= 11 is 0. The molecule has 1 rings (SSSR count). The SMILES string of the molecule is [CH].c1cc[nH]c1. The van der Waals surface area contributed by atoms with E-state index in [4.69, 9.17) is 0 Å². The van der Waals surface area contributed by atoms with E-state index in [0.717, 1.165) is 0 Å². The molecule has 0 aromatic carbocycles. The summed E-state index contributed by atoms with van der Waals surface area (Å²) in [6.07, 6.45) is 3.75. The summed E-state index contributed by atoms with van der Waals surface area (Å²) in [5.74, 6) is 0. The van der Waals surface area contributed by atoms with Crippen molar-refractivity contribution in [1.82, 2.24) is 4.98 Å². The van der Waals surface area contributed by atoms with E-state index in [1.807, 2.05) is 24.5 Å². The van der Waals surface area contributed by atoms with Crippen molar-refractivity contribution in [2.75, 3.05) is 0 Å². The fourth-order valence-corrected chi connectivity index (χ4v) is 0.278. The number of nitrogens with one attached hydrogen (secondary N) is 1. The summed E-state index contributed by atoms with van der Waals surface area (Å²) in [4.78, 5) is 2.86. The fraction of sp³-hybridized carbons (Fsp3) is 0. The van der Waals surface area contributed by atoms with Crippen molar-refractivity contribution in [2.45, 2.75) is 0 Å². The molecule has 3 radical (unpaired) electrons. The van der Waals surface area contributed by atoms with Gasteiger partial charge in [0.25, 0.3) is 0 Å². The van der Waals surface area contributed by atoms with Gasteiger partial charge in [-0.2, -0.15) is 0 Å². The molecule has 0 saturated heterocycles. The summed E-state index contributed by atoms with van der Waals surface area (Å²) in [7, 11) is 0. The number of aromatic amines is 1. The molecule has 0 amide bonds. The smallest absolute Gasteiger partial charge is 0.000496 e. The standard InChI is InChI=1S/C4H5N.CH/c1-2-4-5-3-1;/h1-5H;1H. The van der Waals surface area contributed by atoms with Crippen molar-refractivity contribution >= 4 is 0 Å². The van der Waals surface area contributed by atoms with Crippen LogP contribution in [0.3, 0.4) is 0 Å². The predicted octanol–water partition coefficient (Wildman–Crippen LogP) is 1.22. The zero-order valence-electron chi connectivity index (χ0n) is 3.39. The number of rotatable bonds is 0. The summed E-state index contributed by atoms with van der Waals surface area (Å²) in [6, 6.07) is 3.89. The molecule has 0 aliphatic carbocycles. The van der Waals surface area contributed by atoms with E-state index in [9.17, 15) is 0 Å². The molecule has 0 unspecified atom stereocenters. The summed E-state index contributed by atoms with van der Waals surface area (Å²) in [5, 5.41) is 0. The minimum atomic E-state index is 0. The topological polar surface area (TPSA) is 15.8 Å². The van der Waals surface area contributed by atoms with Gasteiger partial charge in [-0.25, -0.2) is 0 Å². The quantitative estimate of drug-likeness (QED) is 0.482. The second-order valence-corrected chi connectivity index (χ2v) is 0.885. The highest BCUT2D eigenvalue weighted by molar-refractivity contribution is 4.84. The molecule has 0 bridgehead atoms. The molecule has 0 aliphatic heterocycles. The molecule has 1 aromatic heterocycles. The molecular formula is C5H6N. The van der Waals surface area contributed by atoms with E-state index in [0.29, 0.717) is 0 Å². The third-order valence-electron chi connectivity index (χ3n) is 0.496. The number of hydrogen-bond acceptors (Lipinski definition) is 0. The van der Waals surface area contributed by atoms with Crippen molar-refractivity contribution in [3.8, 4) is 0 Å². The Balaban J connectivity index is 0.000000250. The summed E-state index contributed by atoms with van der Waals surface area (Å²) in [6.45, 7) is 0. The van der Waals surface area contributed by atoms with Crippen molar-refractivity contribution in [3.05, 3.63) is 32.0 Å². The Morgan fingerprint density at radius 3 is 1.67 bits per heavy atom. The maximum absolute atomic E-state index is 2.86. The van der Waals surface area contributed by atoms with Crippen LogP contribution in [-0.2, 0) is 0 Å². The molecule has 1 heteroatoms. The lowest BCUT2D eigenvalue weighted by Crippen LogP contribution is -1.38. The van der Waals surface area contributed by atoms with Gasteiger partial charge >= 0.3 is 0 Å².